The Morgan fingerprint density at radius 1 is 1.29 bits per heavy atom. The average molecular weight is 238 g/mol. The molecule has 0 aliphatic carbocycles. The number of carbonyl (C=O) groups excluding carboxylic acids is 2. The lowest BCUT2D eigenvalue weighted by molar-refractivity contribution is -0.153. The number of esters is 2. The number of ether oxygens (including phenoxy) is 1. The number of carboxylic acids is 1. The van der Waals surface area contributed by atoms with Crippen LogP contribution in [0.4, 0.5) is 0 Å². The second-order valence-corrected chi connectivity index (χ2v) is 3.04. The maximum atomic E-state index is 11.4. The summed E-state index contributed by atoms with van der Waals surface area (Å²) < 4.78 is 4.42. The van der Waals surface area contributed by atoms with Crippen LogP contribution in [0.1, 0.15) is 26.7 Å². The largest absolute Gasteiger partial charge is 0.478 e. The molecule has 0 bridgehead atoms. The quantitative estimate of drug-likeness (QED) is 0.340. The summed E-state index contributed by atoms with van der Waals surface area (Å²) in [6, 6.07) is 0. The van der Waals surface area contributed by atoms with Gasteiger partial charge in [-0.2, -0.15) is 0 Å². The van der Waals surface area contributed by atoms with Gasteiger partial charge in [0.2, 0.25) is 0 Å². The molecule has 0 aliphatic heterocycles. The van der Waals surface area contributed by atoms with E-state index in [-0.39, 0.29) is 5.57 Å². The van der Waals surface area contributed by atoms with Crippen molar-refractivity contribution in [3.63, 3.8) is 0 Å². The van der Waals surface area contributed by atoms with Crippen molar-refractivity contribution in [1.82, 2.24) is 0 Å². The topological polar surface area (TPSA) is 80.7 Å². The van der Waals surface area contributed by atoms with E-state index < -0.39 is 17.9 Å². The zero-order chi connectivity index (χ0) is 13.3. The van der Waals surface area contributed by atoms with Crippen LogP contribution in [0, 0.1) is 0 Å². The summed E-state index contributed by atoms with van der Waals surface area (Å²) in [7, 11) is 0. The number of carboxylic acid groups (broad SMARTS) is 1. The summed E-state index contributed by atoms with van der Waals surface area (Å²) in [5.74, 6) is -3.10. The lowest BCUT2D eigenvalue weighted by Crippen LogP contribution is -2.12. The highest BCUT2D eigenvalue weighted by atomic mass is 16.6. The van der Waals surface area contributed by atoms with Crippen LogP contribution < -0.4 is 0 Å². The van der Waals surface area contributed by atoms with Crippen LogP contribution in [-0.2, 0) is 19.1 Å². The van der Waals surface area contributed by atoms with Crippen LogP contribution in [0.5, 0.6) is 0 Å². The van der Waals surface area contributed by atoms with Gasteiger partial charge < -0.3 is 9.84 Å². The Labute approximate surface area is 99.1 Å². The fourth-order valence-corrected chi connectivity index (χ4v) is 0.984. The van der Waals surface area contributed by atoms with Gasteiger partial charge in [0.25, 0.3) is 0 Å². The van der Waals surface area contributed by atoms with Gasteiger partial charge in [0.15, 0.2) is 0 Å². The van der Waals surface area contributed by atoms with Crippen molar-refractivity contribution in [1.29, 1.82) is 0 Å². The molecule has 0 aliphatic rings. The summed E-state index contributed by atoms with van der Waals surface area (Å²) in [6.45, 7) is 3.56. The van der Waals surface area contributed by atoms with Crippen molar-refractivity contribution in [3.05, 3.63) is 29.5 Å². The Morgan fingerprint density at radius 3 is 2.41 bits per heavy atom. The van der Waals surface area contributed by atoms with Crippen molar-refractivity contribution in [2.45, 2.75) is 26.7 Å². The Kier molecular flexibility index (Phi) is 7.06. The summed E-state index contributed by atoms with van der Waals surface area (Å²) in [5.41, 5.74) is 2.93. The standard InChI is InChI=1S/C12H14O5/c1-3-5-9(6-4-2)12(16)17-11(15)8-7-10(13)14/h3,7-8H,4,6H2,1-2H3,(H,13,14)/b8-7-. The van der Waals surface area contributed by atoms with Crippen molar-refractivity contribution in [2.24, 2.45) is 0 Å². The van der Waals surface area contributed by atoms with E-state index in [0.717, 1.165) is 0 Å². The highest BCUT2D eigenvalue weighted by Gasteiger charge is 2.13. The number of rotatable bonds is 5. The molecule has 0 rings (SSSR count). The van der Waals surface area contributed by atoms with E-state index >= 15 is 0 Å². The fraction of sp³-hybridized carbons (Fsp3) is 0.333. The van der Waals surface area contributed by atoms with Crippen LogP contribution >= 0.6 is 0 Å². The van der Waals surface area contributed by atoms with Gasteiger partial charge in [-0.1, -0.05) is 13.3 Å². The van der Waals surface area contributed by atoms with Gasteiger partial charge in [0.1, 0.15) is 0 Å². The normalized spacial score (nSPS) is 9.53. The molecule has 0 fully saturated rings. The molecule has 5 heteroatoms. The molecule has 0 atom stereocenters. The van der Waals surface area contributed by atoms with Gasteiger partial charge in [-0.25, -0.2) is 14.4 Å². The van der Waals surface area contributed by atoms with Gasteiger partial charge >= 0.3 is 17.9 Å². The van der Waals surface area contributed by atoms with E-state index in [0.29, 0.717) is 25.0 Å². The van der Waals surface area contributed by atoms with Crippen LogP contribution in [0.25, 0.3) is 0 Å². The highest BCUT2D eigenvalue weighted by Crippen LogP contribution is 2.06. The zero-order valence-electron chi connectivity index (χ0n) is 9.73. The first kappa shape index (κ1) is 14.9. The summed E-state index contributed by atoms with van der Waals surface area (Å²) in [5, 5.41) is 8.27. The lowest BCUT2D eigenvalue weighted by atomic mass is 10.1. The third-order valence-electron chi connectivity index (χ3n) is 1.62. The average Bonchev–Trinajstić information content (AvgIpc) is 2.26. The number of aliphatic carboxylic acids is 1. The maximum Gasteiger partial charge on any atom is 0.349 e. The SMILES string of the molecule is CC=C=C(CCC)C(=O)OC(=O)/C=C\C(=O)O. The van der Waals surface area contributed by atoms with E-state index in [1.54, 1.807) is 13.0 Å². The van der Waals surface area contributed by atoms with Gasteiger partial charge in [-0.3, -0.25) is 0 Å². The molecule has 0 saturated carbocycles. The molecule has 0 unspecified atom stereocenters. The molecule has 0 aromatic rings. The van der Waals surface area contributed by atoms with E-state index in [2.05, 4.69) is 10.5 Å². The van der Waals surface area contributed by atoms with Crippen molar-refractivity contribution in [3.8, 4) is 0 Å². The third-order valence-corrected chi connectivity index (χ3v) is 1.62. The highest BCUT2D eigenvalue weighted by molar-refractivity contribution is 6.01. The van der Waals surface area contributed by atoms with Gasteiger partial charge in [-0.05, 0) is 19.4 Å². The Bertz CT molecular complexity index is 397. The van der Waals surface area contributed by atoms with Crippen LogP contribution in [0.2, 0.25) is 0 Å². The van der Waals surface area contributed by atoms with Crippen LogP contribution in [-0.4, -0.2) is 23.0 Å². The van der Waals surface area contributed by atoms with Gasteiger partial charge in [0, 0.05) is 12.2 Å². The van der Waals surface area contributed by atoms with E-state index in [1.165, 1.54) is 0 Å². The van der Waals surface area contributed by atoms with Crippen molar-refractivity contribution in [2.75, 3.05) is 0 Å². The van der Waals surface area contributed by atoms with Crippen molar-refractivity contribution < 1.29 is 24.2 Å². The first-order valence-corrected chi connectivity index (χ1v) is 5.08. The molecule has 0 amide bonds. The molecule has 17 heavy (non-hydrogen) atoms. The molecule has 92 valence electrons. The Hall–Kier alpha value is -2.13. The van der Waals surface area contributed by atoms with E-state index in [9.17, 15) is 14.4 Å². The molecule has 0 heterocycles. The monoisotopic (exact) mass is 238 g/mol. The molecule has 1 N–H and O–H groups in total. The van der Waals surface area contributed by atoms with Crippen molar-refractivity contribution >= 4 is 17.9 Å². The third kappa shape index (κ3) is 6.87. The molecule has 0 spiro atoms. The summed E-state index contributed by atoms with van der Waals surface area (Å²) >= 11 is 0. The minimum atomic E-state index is -1.29. The number of hydrogen-bond donors (Lipinski definition) is 1. The van der Waals surface area contributed by atoms with Gasteiger partial charge in [-0.15, -0.1) is 5.73 Å². The number of hydrogen-bond acceptors (Lipinski definition) is 4. The summed E-state index contributed by atoms with van der Waals surface area (Å²) in [4.78, 5) is 32.6. The molecular formula is C12H14O5. The fourth-order valence-electron chi connectivity index (χ4n) is 0.984. The Morgan fingerprint density at radius 2 is 1.94 bits per heavy atom. The first-order valence-electron chi connectivity index (χ1n) is 5.08. The summed E-state index contributed by atoms with van der Waals surface area (Å²) in [6.07, 6.45) is 3.99. The van der Waals surface area contributed by atoms with E-state index in [4.69, 9.17) is 5.11 Å². The molecule has 0 saturated heterocycles. The predicted octanol–water partition coefficient (Wildman–Crippen LogP) is 1.60. The molecule has 5 nitrogen and oxygen atoms in total. The second kappa shape index (κ2) is 8.07. The number of carbonyl (C=O) groups is 3. The smallest absolute Gasteiger partial charge is 0.349 e. The Balaban J connectivity index is 4.57. The van der Waals surface area contributed by atoms with Crippen LogP contribution in [0.3, 0.4) is 0 Å². The maximum absolute atomic E-state index is 11.4. The minimum absolute atomic E-state index is 0.257. The molecule has 0 aromatic heterocycles. The lowest BCUT2D eigenvalue weighted by Gasteiger charge is -2.01. The van der Waals surface area contributed by atoms with Crippen LogP contribution in [0.15, 0.2) is 29.5 Å². The zero-order valence-corrected chi connectivity index (χ0v) is 9.73. The van der Waals surface area contributed by atoms with E-state index in [1.807, 2.05) is 6.92 Å². The predicted molar refractivity (Wildman–Crippen MR) is 60.1 cm³/mol. The first-order chi connectivity index (χ1) is 8.01. The minimum Gasteiger partial charge on any atom is -0.478 e. The molecule has 0 radical (unpaired) electrons. The molecular weight excluding hydrogens is 224 g/mol. The molecule has 0 aromatic carbocycles. The van der Waals surface area contributed by atoms with Gasteiger partial charge in [0.05, 0.1) is 5.57 Å². The second-order valence-electron chi connectivity index (χ2n) is 3.04.